The molecule has 1 aliphatic heterocycles. The van der Waals surface area contributed by atoms with E-state index in [2.05, 4.69) is 4.98 Å². The van der Waals surface area contributed by atoms with Gasteiger partial charge in [-0.3, -0.25) is 9.36 Å². The van der Waals surface area contributed by atoms with Crippen LogP contribution in [0.4, 0.5) is 0 Å². The van der Waals surface area contributed by atoms with E-state index in [4.69, 9.17) is 4.74 Å². The van der Waals surface area contributed by atoms with Gasteiger partial charge in [0.2, 0.25) is 5.78 Å². The van der Waals surface area contributed by atoms with Crippen LogP contribution in [0.2, 0.25) is 0 Å². The first-order chi connectivity index (χ1) is 11.3. The molecule has 120 valence electrons. The van der Waals surface area contributed by atoms with Crippen LogP contribution in [-0.2, 0) is 4.74 Å². The molecule has 1 saturated carbocycles. The monoisotopic (exact) mass is 310 g/mol. The number of carbonyl (C=O) groups excluding carboxylic acids is 1. The second-order valence-corrected chi connectivity index (χ2v) is 6.89. The van der Waals surface area contributed by atoms with Crippen LogP contribution in [0.3, 0.4) is 0 Å². The van der Waals surface area contributed by atoms with Crippen molar-refractivity contribution in [3.63, 3.8) is 0 Å². The molecule has 2 heterocycles. The van der Waals surface area contributed by atoms with E-state index in [-0.39, 0.29) is 17.3 Å². The molecule has 0 bridgehead atoms. The Bertz CT molecular complexity index is 686. The quantitative estimate of drug-likeness (QED) is 0.810. The Morgan fingerprint density at radius 1 is 1.17 bits per heavy atom. The zero-order valence-electron chi connectivity index (χ0n) is 13.3. The van der Waals surface area contributed by atoms with E-state index < -0.39 is 0 Å². The number of benzene rings is 1. The predicted molar refractivity (Wildman–Crippen MR) is 87.8 cm³/mol. The van der Waals surface area contributed by atoms with Crippen molar-refractivity contribution in [2.75, 3.05) is 6.61 Å². The number of nitrogens with zero attached hydrogens (tertiary/aromatic N) is 2. The molecule has 1 saturated heterocycles. The van der Waals surface area contributed by atoms with Crippen molar-refractivity contribution in [1.29, 1.82) is 0 Å². The largest absolute Gasteiger partial charge is 0.369 e. The number of ether oxygens (including phenoxy) is 1. The minimum Gasteiger partial charge on any atom is -0.369 e. The van der Waals surface area contributed by atoms with E-state index in [1.54, 1.807) is 6.20 Å². The van der Waals surface area contributed by atoms with Gasteiger partial charge in [0.1, 0.15) is 6.10 Å². The summed E-state index contributed by atoms with van der Waals surface area (Å²) in [6, 6.07) is 9.86. The lowest BCUT2D eigenvalue weighted by Crippen LogP contribution is -2.27. The molecule has 1 spiro atoms. The number of rotatable bonds is 3. The third-order valence-corrected chi connectivity index (χ3v) is 5.31. The van der Waals surface area contributed by atoms with Crippen molar-refractivity contribution in [3.05, 3.63) is 48.5 Å². The van der Waals surface area contributed by atoms with Gasteiger partial charge in [0.25, 0.3) is 0 Å². The molecule has 2 aliphatic rings. The van der Waals surface area contributed by atoms with Crippen LogP contribution in [0.15, 0.2) is 42.7 Å². The van der Waals surface area contributed by atoms with E-state index in [0.29, 0.717) is 5.82 Å². The summed E-state index contributed by atoms with van der Waals surface area (Å²) in [6.07, 6.45) is 10.3. The zero-order chi connectivity index (χ0) is 15.7. The van der Waals surface area contributed by atoms with E-state index in [9.17, 15) is 4.79 Å². The number of hydrogen-bond acceptors (Lipinski definition) is 3. The summed E-state index contributed by atoms with van der Waals surface area (Å²) in [5, 5.41) is 0. The van der Waals surface area contributed by atoms with Crippen molar-refractivity contribution in [3.8, 4) is 5.69 Å². The fraction of sp³-hybridized carbons (Fsp3) is 0.474. The summed E-state index contributed by atoms with van der Waals surface area (Å²) in [5.41, 5.74) is 1.20. The topological polar surface area (TPSA) is 44.1 Å². The van der Waals surface area contributed by atoms with E-state index in [1.807, 2.05) is 41.1 Å². The third kappa shape index (κ3) is 2.72. The van der Waals surface area contributed by atoms with Gasteiger partial charge in [-0.15, -0.1) is 0 Å². The maximum Gasteiger partial charge on any atom is 0.227 e. The summed E-state index contributed by atoms with van der Waals surface area (Å²) < 4.78 is 7.78. The van der Waals surface area contributed by atoms with Crippen molar-refractivity contribution >= 4 is 5.78 Å². The van der Waals surface area contributed by atoms with Crippen molar-refractivity contribution in [2.45, 2.75) is 44.6 Å². The number of ketones is 1. The predicted octanol–water partition coefficient (Wildman–Crippen LogP) is 3.79. The molecule has 23 heavy (non-hydrogen) atoms. The highest BCUT2D eigenvalue weighted by atomic mass is 16.5. The lowest BCUT2D eigenvalue weighted by molar-refractivity contribution is 0.0582. The summed E-state index contributed by atoms with van der Waals surface area (Å²) in [4.78, 5) is 17.2. The van der Waals surface area contributed by atoms with Crippen molar-refractivity contribution in [2.24, 2.45) is 5.41 Å². The Morgan fingerprint density at radius 2 is 1.96 bits per heavy atom. The summed E-state index contributed by atoms with van der Waals surface area (Å²) in [7, 11) is 0. The van der Waals surface area contributed by atoms with Gasteiger partial charge in [0.05, 0.1) is 6.61 Å². The van der Waals surface area contributed by atoms with Gasteiger partial charge in [-0.2, -0.15) is 0 Å². The highest BCUT2D eigenvalue weighted by molar-refractivity contribution is 5.97. The van der Waals surface area contributed by atoms with Crippen LogP contribution in [0.25, 0.3) is 5.69 Å². The fourth-order valence-corrected chi connectivity index (χ4v) is 4.03. The second kappa shape index (κ2) is 5.93. The number of carbonyl (C=O) groups is 1. The Hall–Kier alpha value is -1.94. The van der Waals surface area contributed by atoms with Gasteiger partial charge < -0.3 is 4.74 Å². The molecule has 4 heteroatoms. The van der Waals surface area contributed by atoms with Gasteiger partial charge in [0.15, 0.2) is 5.82 Å². The number of hydrogen-bond donors (Lipinski definition) is 0. The van der Waals surface area contributed by atoms with E-state index in [1.165, 1.54) is 32.1 Å². The SMILES string of the molecule is O=C(c1nccn1-c1ccccc1)[C@H]1CC2(CCCCC2)CO1. The van der Waals surface area contributed by atoms with Gasteiger partial charge in [-0.05, 0) is 36.8 Å². The van der Waals surface area contributed by atoms with Gasteiger partial charge >= 0.3 is 0 Å². The lowest BCUT2D eigenvalue weighted by Gasteiger charge is -2.31. The molecule has 1 aromatic carbocycles. The van der Waals surface area contributed by atoms with Crippen LogP contribution < -0.4 is 0 Å². The van der Waals surface area contributed by atoms with Crippen LogP contribution >= 0.6 is 0 Å². The van der Waals surface area contributed by atoms with Crippen LogP contribution in [-0.4, -0.2) is 28.0 Å². The Balaban J connectivity index is 1.56. The molecule has 0 radical (unpaired) electrons. The molecular weight excluding hydrogens is 288 g/mol. The first kappa shape index (κ1) is 14.6. The fourth-order valence-electron chi connectivity index (χ4n) is 4.03. The molecule has 1 aliphatic carbocycles. The summed E-state index contributed by atoms with van der Waals surface area (Å²) in [6.45, 7) is 0.732. The Kier molecular flexibility index (Phi) is 3.77. The molecule has 2 aromatic rings. The smallest absolute Gasteiger partial charge is 0.227 e. The van der Waals surface area contributed by atoms with E-state index in [0.717, 1.165) is 18.7 Å². The summed E-state index contributed by atoms with van der Waals surface area (Å²) in [5.74, 6) is 0.496. The van der Waals surface area contributed by atoms with Crippen LogP contribution in [0.1, 0.15) is 49.1 Å². The van der Waals surface area contributed by atoms with Crippen LogP contribution in [0, 0.1) is 5.41 Å². The molecule has 4 nitrogen and oxygen atoms in total. The molecule has 1 atom stereocenters. The molecule has 2 fully saturated rings. The second-order valence-electron chi connectivity index (χ2n) is 6.89. The van der Waals surface area contributed by atoms with Gasteiger partial charge in [-0.1, -0.05) is 37.5 Å². The van der Waals surface area contributed by atoms with Gasteiger partial charge in [0, 0.05) is 18.1 Å². The third-order valence-electron chi connectivity index (χ3n) is 5.31. The highest BCUT2D eigenvalue weighted by Crippen LogP contribution is 2.45. The molecule has 0 N–H and O–H groups in total. The number of imidazole rings is 1. The first-order valence-electron chi connectivity index (χ1n) is 8.52. The molecule has 0 unspecified atom stereocenters. The van der Waals surface area contributed by atoms with Crippen LogP contribution in [0.5, 0.6) is 0 Å². The Morgan fingerprint density at radius 3 is 2.74 bits per heavy atom. The van der Waals surface area contributed by atoms with Crippen molar-refractivity contribution in [1.82, 2.24) is 9.55 Å². The average molecular weight is 310 g/mol. The number of para-hydroxylation sites is 1. The van der Waals surface area contributed by atoms with Gasteiger partial charge in [-0.25, -0.2) is 4.98 Å². The normalized spacial score (nSPS) is 23.2. The molecule has 0 amide bonds. The van der Waals surface area contributed by atoms with Crippen molar-refractivity contribution < 1.29 is 9.53 Å². The molecule has 1 aromatic heterocycles. The number of Topliss-reactive ketones (excluding diaryl/α,β-unsaturated/α-hetero) is 1. The maximum absolute atomic E-state index is 12.9. The molecular formula is C19H22N2O2. The Labute approximate surface area is 136 Å². The minimum absolute atomic E-state index is 0.0151. The van der Waals surface area contributed by atoms with E-state index >= 15 is 0 Å². The number of aromatic nitrogens is 2. The summed E-state index contributed by atoms with van der Waals surface area (Å²) >= 11 is 0. The molecule has 4 rings (SSSR count). The average Bonchev–Trinajstić information content (AvgIpc) is 3.24. The first-order valence-corrected chi connectivity index (χ1v) is 8.52. The lowest BCUT2D eigenvalue weighted by atomic mass is 9.72. The zero-order valence-corrected chi connectivity index (χ0v) is 13.3. The maximum atomic E-state index is 12.9. The highest BCUT2D eigenvalue weighted by Gasteiger charge is 2.44. The minimum atomic E-state index is -0.335. The standard InChI is InChI=1S/C19H22N2O2/c22-17(16-13-19(14-23-16)9-5-2-6-10-19)18-20-11-12-21(18)15-7-3-1-4-8-15/h1,3-4,7-8,11-12,16H,2,5-6,9-10,13-14H2/t16-/m1/s1.